The summed E-state index contributed by atoms with van der Waals surface area (Å²) in [6, 6.07) is 11.5. The van der Waals surface area contributed by atoms with Gasteiger partial charge >= 0.3 is 6.03 Å². The van der Waals surface area contributed by atoms with Crippen molar-refractivity contribution in [2.24, 2.45) is 0 Å². The van der Waals surface area contributed by atoms with E-state index in [1.165, 1.54) is 6.08 Å². The monoisotopic (exact) mass is 408 g/mol. The van der Waals surface area contributed by atoms with Crippen molar-refractivity contribution in [2.45, 2.75) is 27.2 Å². The van der Waals surface area contributed by atoms with Crippen molar-refractivity contribution < 1.29 is 23.9 Å². The van der Waals surface area contributed by atoms with E-state index in [9.17, 15) is 14.4 Å². The maximum absolute atomic E-state index is 13.1. The number of nitrogens with zero attached hydrogens (tertiary/aromatic N) is 1. The summed E-state index contributed by atoms with van der Waals surface area (Å²) < 4.78 is 11.2. The number of carbonyl (C=O) groups is 3. The molecule has 1 N–H and O–H groups in total. The molecule has 1 aliphatic rings. The van der Waals surface area contributed by atoms with E-state index in [1.54, 1.807) is 30.3 Å². The van der Waals surface area contributed by atoms with Crippen molar-refractivity contribution in [1.29, 1.82) is 0 Å². The van der Waals surface area contributed by atoms with Gasteiger partial charge in [-0.2, -0.15) is 0 Å². The van der Waals surface area contributed by atoms with Crippen LogP contribution in [0.2, 0.25) is 0 Å². The molecule has 3 rings (SSSR count). The fourth-order valence-electron chi connectivity index (χ4n) is 3.23. The molecule has 0 spiro atoms. The molecule has 0 aromatic heterocycles. The van der Waals surface area contributed by atoms with Gasteiger partial charge in [-0.1, -0.05) is 31.2 Å². The number of hydrogen-bond acceptors (Lipinski definition) is 5. The summed E-state index contributed by atoms with van der Waals surface area (Å²) in [7, 11) is 0. The topological polar surface area (TPSA) is 84.9 Å². The molecule has 0 saturated carbocycles. The molecule has 0 radical (unpaired) electrons. The fraction of sp³-hybridized carbons (Fsp3) is 0.261. The zero-order valence-corrected chi connectivity index (χ0v) is 17.2. The second-order valence-electron chi connectivity index (χ2n) is 6.51. The Morgan fingerprint density at radius 3 is 2.33 bits per heavy atom. The lowest BCUT2D eigenvalue weighted by molar-refractivity contribution is -0.122. The number of para-hydroxylation sites is 1. The summed E-state index contributed by atoms with van der Waals surface area (Å²) in [4.78, 5) is 39.0. The number of imide groups is 2. The van der Waals surface area contributed by atoms with E-state index in [0.29, 0.717) is 42.4 Å². The Kier molecular flexibility index (Phi) is 6.51. The highest BCUT2D eigenvalue weighted by atomic mass is 16.5. The van der Waals surface area contributed by atoms with Crippen LogP contribution in [0.25, 0.3) is 6.08 Å². The molecule has 1 saturated heterocycles. The number of urea groups is 1. The lowest BCUT2D eigenvalue weighted by Gasteiger charge is -2.28. The number of aryl methyl sites for hydroxylation is 1. The zero-order valence-electron chi connectivity index (χ0n) is 17.2. The molecule has 1 aliphatic heterocycles. The fourth-order valence-corrected chi connectivity index (χ4v) is 3.23. The second kappa shape index (κ2) is 9.26. The molecule has 0 unspecified atom stereocenters. The van der Waals surface area contributed by atoms with E-state index in [-0.39, 0.29) is 5.57 Å². The minimum Gasteiger partial charge on any atom is -0.490 e. The summed E-state index contributed by atoms with van der Waals surface area (Å²) >= 11 is 0. The van der Waals surface area contributed by atoms with Gasteiger partial charge in [0.05, 0.1) is 18.9 Å². The quantitative estimate of drug-likeness (QED) is 0.558. The first-order valence-corrected chi connectivity index (χ1v) is 9.89. The van der Waals surface area contributed by atoms with E-state index >= 15 is 0 Å². The van der Waals surface area contributed by atoms with Crippen molar-refractivity contribution in [3.8, 4) is 11.5 Å². The third kappa shape index (κ3) is 4.20. The minimum absolute atomic E-state index is 0.132. The highest BCUT2D eigenvalue weighted by molar-refractivity contribution is 6.39. The molecular formula is C23H24N2O5. The van der Waals surface area contributed by atoms with Gasteiger partial charge in [0.1, 0.15) is 5.57 Å². The summed E-state index contributed by atoms with van der Waals surface area (Å²) in [5, 5.41) is 2.25. The lowest BCUT2D eigenvalue weighted by atomic mass is 10.0. The first-order chi connectivity index (χ1) is 14.5. The van der Waals surface area contributed by atoms with Crippen molar-refractivity contribution >= 4 is 29.6 Å². The highest BCUT2D eigenvalue weighted by Gasteiger charge is 2.37. The average Bonchev–Trinajstić information content (AvgIpc) is 2.73. The molecular weight excluding hydrogens is 384 g/mol. The van der Waals surface area contributed by atoms with Crippen LogP contribution in [0.4, 0.5) is 10.5 Å². The third-order valence-electron chi connectivity index (χ3n) is 4.59. The molecule has 1 heterocycles. The Morgan fingerprint density at radius 2 is 1.63 bits per heavy atom. The average molecular weight is 408 g/mol. The van der Waals surface area contributed by atoms with Crippen molar-refractivity contribution in [3.63, 3.8) is 0 Å². The van der Waals surface area contributed by atoms with Gasteiger partial charge in [0.25, 0.3) is 11.8 Å². The van der Waals surface area contributed by atoms with Gasteiger partial charge in [-0.15, -0.1) is 0 Å². The van der Waals surface area contributed by atoms with Crippen LogP contribution in [0.15, 0.2) is 48.0 Å². The molecule has 0 bridgehead atoms. The van der Waals surface area contributed by atoms with Crippen molar-refractivity contribution in [3.05, 3.63) is 59.2 Å². The van der Waals surface area contributed by atoms with Crippen LogP contribution in [0.3, 0.4) is 0 Å². The maximum Gasteiger partial charge on any atom is 0.335 e. The van der Waals surface area contributed by atoms with Gasteiger partial charge in [-0.3, -0.25) is 14.9 Å². The number of benzene rings is 2. The van der Waals surface area contributed by atoms with Gasteiger partial charge in [-0.25, -0.2) is 9.69 Å². The van der Waals surface area contributed by atoms with Gasteiger partial charge in [0, 0.05) is 0 Å². The molecule has 0 aliphatic carbocycles. The number of carbonyl (C=O) groups excluding carboxylic acids is 3. The zero-order chi connectivity index (χ0) is 21.7. The minimum atomic E-state index is -0.759. The Morgan fingerprint density at radius 1 is 0.933 bits per heavy atom. The molecule has 7 nitrogen and oxygen atoms in total. The molecule has 7 heteroatoms. The van der Waals surface area contributed by atoms with Crippen molar-refractivity contribution in [2.75, 3.05) is 18.1 Å². The van der Waals surface area contributed by atoms with Gasteiger partial charge in [0.15, 0.2) is 11.5 Å². The number of rotatable bonds is 7. The van der Waals surface area contributed by atoms with E-state index < -0.39 is 17.8 Å². The number of ether oxygens (including phenoxy) is 2. The summed E-state index contributed by atoms with van der Waals surface area (Å²) in [6.07, 6.45) is 2.08. The molecule has 1 fully saturated rings. The van der Waals surface area contributed by atoms with Crippen LogP contribution in [-0.4, -0.2) is 31.1 Å². The Labute approximate surface area is 175 Å². The van der Waals surface area contributed by atoms with E-state index in [2.05, 4.69) is 5.32 Å². The molecule has 0 atom stereocenters. The van der Waals surface area contributed by atoms with E-state index in [4.69, 9.17) is 9.47 Å². The van der Waals surface area contributed by atoms with Gasteiger partial charge in [-0.05, 0) is 55.7 Å². The van der Waals surface area contributed by atoms with Crippen LogP contribution >= 0.6 is 0 Å². The number of amides is 4. The maximum atomic E-state index is 13.1. The SMILES string of the molecule is CCOc1ccc(/C=C2\C(=O)NC(=O)N(c3ccccc3CC)C2=O)cc1OCC. The van der Waals surface area contributed by atoms with Crippen molar-refractivity contribution in [1.82, 2.24) is 5.32 Å². The van der Waals surface area contributed by atoms with Crippen LogP contribution < -0.4 is 19.7 Å². The second-order valence-corrected chi connectivity index (χ2v) is 6.51. The van der Waals surface area contributed by atoms with Crippen LogP contribution in [-0.2, 0) is 16.0 Å². The molecule has 2 aromatic rings. The van der Waals surface area contributed by atoms with Crippen LogP contribution in [0.1, 0.15) is 31.9 Å². The van der Waals surface area contributed by atoms with E-state index in [0.717, 1.165) is 10.5 Å². The summed E-state index contributed by atoms with van der Waals surface area (Å²) in [6.45, 7) is 6.58. The first-order valence-electron chi connectivity index (χ1n) is 9.89. The normalized spacial score (nSPS) is 15.4. The smallest absolute Gasteiger partial charge is 0.335 e. The number of anilines is 1. The molecule has 4 amide bonds. The number of barbiturate groups is 1. The summed E-state index contributed by atoms with van der Waals surface area (Å²) in [5.74, 6) is -0.310. The van der Waals surface area contributed by atoms with Crippen LogP contribution in [0.5, 0.6) is 11.5 Å². The molecule has 2 aromatic carbocycles. The molecule has 156 valence electrons. The summed E-state index contributed by atoms with van der Waals surface area (Å²) in [5.41, 5.74) is 1.74. The number of hydrogen-bond donors (Lipinski definition) is 1. The standard InChI is InChI=1S/C23H24N2O5/c1-4-16-9-7-8-10-18(16)25-22(27)17(21(26)24-23(25)28)13-15-11-12-19(29-5-2)20(14-15)30-6-3/h7-14H,4-6H2,1-3H3,(H,24,26,28)/b17-13+. The van der Waals surface area contributed by atoms with Gasteiger partial charge in [0.2, 0.25) is 0 Å². The van der Waals surface area contributed by atoms with Gasteiger partial charge < -0.3 is 9.47 Å². The Hall–Kier alpha value is -3.61. The largest absolute Gasteiger partial charge is 0.490 e. The number of nitrogens with one attached hydrogen (secondary N) is 1. The lowest BCUT2D eigenvalue weighted by Crippen LogP contribution is -2.54. The predicted octanol–water partition coefficient (Wildman–Crippen LogP) is 3.71. The first kappa shape index (κ1) is 21.1. The third-order valence-corrected chi connectivity index (χ3v) is 4.59. The van der Waals surface area contributed by atoms with Crippen LogP contribution in [0, 0.1) is 0 Å². The highest BCUT2D eigenvalue weighted by Crippen LogP contribution is 2.30. The Bertz CT molecular complexity index is 1010. The predicted molar refractivity (Wildman–Crippen MR) is 114 cm³/mol. The Balaban J connectivity index is 2.01. The molecule has 30 heavy (non-hydrogen) atoms. The van der Waals surface area contributed by atoms with E-state index in [1.807, 2.05) is 32.9 Å².